The Kier molecular flexibility index (Phi) is 4.19. The zero-order valence-corrected chi connectivity index (χ0v) is 14.1. The predicted octanol–water partition coefficient (Wildman–Crippen LogP) is 2.98. The van der Waals surface area contributed by atoms with E-state index in [0.29, 0.717) is 23.6 Å². The number of nitrogens with one attached hydrogen (secondary N) is 1. The van der Waals surface area contributed by atoms with E-state index in [4.69, 9.17) is 4.42 Å². The molecule has 0 radical (unpaired) electrons. The van der Waals surface area contributed by atoms with E-state index in [-0.39, 0.29) is 5.91 Å². The molecule has 1 aliphatic heterocycles. The van der Waals surface area contributed by atoms with Crippen LogP contribution in [0.15, 0.2) is 41.1 Å². The van der Waals surface area contributed by atoms with E-state index in [0.717, 1.165) is 25.4 Å². The molecule has 3 heterocycles. The van der Waals surface area contributed by atoms with Gasteiger partial charge in [0.25, 0.3) is 5.91 Å². The quantitative estimate of drug-likeness (QED) is 0.939. The van der Waals surface area contributed by atoms with Crippen molar-refractivity contribution in [3.05, 3.63) is 48.2 Å². The van der Waals surface area contributed by atoms with E-state index in [2.05, 4.69) is 16.9 Å². The van der Waals surface area contributed by atoms with Crippen LogP contribution in [0, 0.1) is 11.8 Å². The third-order valence-corrected chi connectivity index (χ3v) is 5.73. The molecule has 2 aromatic heterocycles. The van der Waals surface area contributed by atoms with Crippen molar-refractivity contribution >= 4 is 5.91 Å². The van der Waals surface area contributed by atoms with Crippen LogP contribution in [0.25, 0.3) is 0 Å². The summed E-state index contributed by atoms with van der Waals surface area (Å²) in [5, 5.41) is 0. The maximum Gasteiger partial charge on any atom is 0.270 e. The molecule has 2 fully saturated rings. The molecule has 128 valence electrons. The Balaban J connectivity index is 1.45. The highest BCUT2D eigenvalue weighted by Gasteiger charge is 2.43. The summed E-state index contributed by atoms with van der Waals surface area (Å²) in [6, 6.07) is 8.25. The van der Waals surface area contributed by atoms with Crippen molar-refractivity contribution in [2.45, 2.75) is 31.8 Å². The Bertz CT molecular complexity index is 665. The van der Waals surface area contributed by atoms with Gasteiger partial charge in [-0.25, -0.2) is 0 Å². The maximum absolute atomic E-state index is 12.7. The highest BCUT2D eigenvalue weighted by Crippen LogP contribution is 2.39. The standard InChI is InChI=1S/C19H25N3O2/c1-21(12-15-6-4-10-24-15)18-8-2-5-14-11-22(13-16(14)18)19(23)17-7-3-9-20-17/h3-4,6-7,9-10,14,16,18,20H,2,5,8,11-13H2,1H3/t14-,16+,18?/m1/s1. The summed E-state index contributed by atoms with van der Waals surface area (Å²) in [5.41, 5.74) is 0.703. The molecule has 1 N–H and O–H groups in total. The van der Waals surface area contributed by atoms with Crippen molar-refractivity contribution in [1.29, 1.82) is 0 Å². The van der Waals surface area contributed by atoms with E-state index < -0.39 is 0 Å². The normalized spacial score (nSPS) is 26.8. The number of rotatable bonds is 4. The van der Waals surface area contributed by atoms with Gasteiger partial charge in [-0.15, -0.1) is 0 Å². The summed E-state index contributed by atoms with van der Waals surface area (Å²) in [6.45, 7) is 2.61. The average Bonchev–Trinajstić information content (AvgIpc) is 3.33. The molecule has 1 unspecified atom stereocenters. The van der Waals surface area contributed by atoms with Gasteiger partial charge >= 0.3 is 0 Å². The lowest BCUT2D eigenvalue weighted by molar-refractivity contribution is 0.0762. The number of likely N-dealkylation sites (tertiary alicyclic amines) is 1. The molecular formula is C19H25N3O2. The van der Waals surface area contributed by atoms with Crippen LogP contribution in [-0.2, 0) is 6.54 Å². The van der Waals surface area contributed by atoms with Crippen LogP contribution in [0.5, 0.6) is 0 Å². The first kappa shape index (κ1) is 15.5. The molecule has 5 nitrogen and oxygen atoms in total. The Morgan fingerprint density at radius 2 is 2.25 bits per heavy atom. The summed E-state index contributed by atoms with van der Waals surface area (Å²) in [6.07, 6.45) is 7.25. The van der Waals surface area contributed by atoms with Gasteiger partial charge in [0, 0.05) is 25.3 Å². The third-order valence-electron chi connectivity index (χ3n) is 5.73. The fraction of sp³-hybridized carbons (Fsp3) is 0.526. The van der Waals surface area contributed by atoms with Crippen molar-refractivity contribution in [3.8, 4) is 0 Å². The first-order valence-corrected chi connectivity index (χ1v) is 8.87. The van der Waals surface area contributed by atoms with E-state index in [1.165, 1.54) is 19.3 Å². The van der Waals surface area contributed by atoms with Crippen LogP contribution < -0.4 is 0 Å². The molecule has 3 atom stereocenters. The van der Waals surface area contributed by atoms with E-state index in [9.17, 15) is 4.79 Å². The number of fused-ring (bicyclic) bond motifs is 1. The van der Waals surface area contributed by atoms with Crippen molar-refractivity contribution < 1.29 is 9.21 Å². The summed E-state index contributed by atoms with van der Waals surface area (Å²) in [4.78, 5) is 20.2. The fourth-order valence-electron chi connectivity index (χ4n) is 4.55. The van der Waals surface area contributed by atoms with Gasteiger partial charge in [0.05, 0.1) is 12.8 Å². The fourth-order valence-corrected chi connectivity index (χ4v) is 4.55. The summed E-state index contributed by atoms with van der Waals surface area (Å²) >= 11 is 0. The largest absolute Gasteiger partial charge is 0.468 e. The van der Waals surface area contributed by atoms with Crippen molar-refractivity contribution in [2.75, 3.05) is 20.1 Å². The van der Waals surface area contributed by atoms with Crippen molar-refractivity contribution in [3.63, 3.8) is 0 Å². The number of furan rings is 1. The minimum atomic E-state index is 0.141. The van der Waals surface area contributed by atoms with Crippen LogP contribution in [0.2, 0.25) is 0 Å². The number of aromatic amines is 1. The van der Waals surface area contributed by atoms with Gasteiger partial charge in [-0.3, -0.25) is 9.69 Å². The molecule has 0 bridgehead atoms. The summed E-state index contributed by atoms with van der Waals surface area (Å²) < 4.78 is 5.50. The third kappa shape index (κ3) is 2.88. The van der Waals surface area contributed by atoms with E-state index in [1.807, 2.05) is 35.4 Å². The van der Waals surface area contributed by atoms with Gasteiger partial charge in [-0.1, -0.05) is 6.42 Å². The number of carbonyl (C=O) groups is 1. The lowest BCUT2D eigenvalue weighted by atomic mass is 9.77. The Hall–Kier alpha value is -2.01. The molecule has 0 spiro atoms. The molecule has 1 amide bonds. The number of H-pyrrole nitrogens is 1. The number of hydrogen-bond acceptors (Lipinski definition) is 3. The summed E-state index contributed by atoms with van der Waals surface area (Å²) in [7, 11) is 2.19. The number of aromatic nitrogens is 1. The summed E-state index contributed by atoms with van der Waals surface area (Å²) in [5.74, 6) is 2.35. The molecule has 1 saturated carbocycles. The molecule has 4 rings (SSSR count). The lowest BCUT2D eigenvalue weighted by Gasteiger charge is -2.38. The van der Waals surface area contributed by atoms with Gasteiger partial charge in [0.1, 0.15) is 11.5 Å². The van der Waals surface area contributed by atoms with Crippen LogP contribution >= 0.6 is 0 Å². The zero-order chi connectivity index (χ0) is 16.5. The number of amides is 1. The van der Waals surface area contributed by atoms with Crippen molar-refractivity contribution in [1.82, 2.24) is 14.8 Å². The first-order chi connectivity index (χ1) is 11.7. The lowest BCUT2D eigenvalue weighted by Crippen LogP contribution is -2.43. The maximum atomic E-state index is 12.7. The molecule has 2 aromatic rings. The molecule has 24 heavy (non-hydrogen) atoms. The van der Waals surface area contributed by atoms with Crippen LogP contribution in [-0.4, -0.2) is 46.9 Å². The second-order valence-electron chi connectivity index (χ2n) is 7.21. The predicted molar refractivity (Wildman–Crippen MR) is 91.5 cm³/mol. The van der Waals surface area contributed by atoms with Gasteiger partial charge in [0.2, 0.25) is 0 Å². The second kappa shape index (κ2) is 6.48. The minimum Gasteiger partial charge on any atom is -0.468 e. The number of nitrogens with zero attached hydrogens (tertiary/aromatic N) is 2. The van der Waals surface area contributed by atoms with Gasteiger partial charge < -0.3 is 14.3 Å². The highest BCUT2D eigenvalue weighted by atomic mass is 16.3. The molecule has 0 aromatic carbocycles. The average molecular weight is 327 g/mol. The van der Waals surface area contributed by atoms with E-state index >= 15 is 0 Å². The van der Waals surface area contributed by atoms with Crippen molar-refractivity contribution in [2.24, 2.45) is 11.8 Å². The Morgan fingerprint density at radius 1 is 1.33 bits per heavy atom. The van der Waals surface area contributed by atoms with Crippen LogP contribution in [0.3, 0.4) is 0 Å². The SMILES string of the molecule is CN(Cc1ccco1)C1CCC[C@@H]2CN(C(=O)c3ccc[nH]3)C[C@H]12. The van der Waals surface area contributed by atoms with Gasteiger partial charge in [-0.05, 0) is 56.0 Å². The van der Waals surface area contributed by atoms with Gasteiger partial charge in [-0.2, -0.15) is 0 Å². The monoisotopic (exact) mass is 327 g/mol. The Labute approximate surface area is 142 Å². The van der Waals surface area contributed by atoms with E-state index in [1.54, 1.807) is 6.26 Å². The van der Waals surface area contributed by atoms with Crippen LogP contribution in [0.1, 0.15) is 35.5 Å². The molecular weight excluding hydrogens is 302 g/mol. The highest BCUT2D eigenvalue weighted by molar-refractivity contribution is 5.92. The van der Waals surface area contributed by atoms with Crippen LogP contribution in [0.4, 0.5) is 0 Å². The minimum absolute atomic E-state index is 0.141. The molecule has 1 saturated heterocycles. The molecule has 2 aliphatic rings. The Morgan fingerprint density at radius 3 is 3.00 bits per heavy atom. The number of carbonyl (C=O) groups excluding carboxylic acids is 1. The second-order valence-corrected chi connectivity index (χ2v) is 7.21. The molecule has 5 heteroatoms. The first-order valence-electron chi connectivity index (χ1n) is 8.87. The zero-order valence-electron chi connectivity index (χ0n) is 14.1. The topological polar surface area (TPSA) is 52.5 Å². The number of hydrogen-bond donors (Lipinski definition) is 1. The van der Waals surface area contributed by atoms with Gasteiger partial charge in [0.15, 0.2) is 0 Å². The smallest absolute Gasteiger partial charge is 0.270 e. The molecule has 1 aliphatic carbocycles.